The Labute approximate surface area is 114 Å². The molecule has 6 nitrogen and oxygen atoms in total. The van der Waals surface area contributed by atoms with Crippen LogP contribution in [0.5, 0.6) is 0 Å². The van der Waals surface area contributed by atoms with E-state index in [1.807, 2.05) is 0 Å². The number of carbonyl (C=O) groups excluding carboxylic acids is 1. The molecule has 2 fully saturated rings. The van der Waals surface area contributed by atoms with Crippen molar-refractivity contribution in [3.63, 3.8) is 0 Å². The predicted octanol–water partition coefficient (Wildman–Crippen LogP) is -0.585. The zero-order valence-electron chi connectivity index (χ0n) is 11.3. The molecule has 4 unspecified atom stereocenters. The average molecular weight is 289 g/mol. The summed E-state index contributed by atoms with van der Waals surface area (Å²) in [4.78, 5) is 12.1. The van der Waals surface area contributed by atoms with Crippen LogP contribution in [0.15, 0.2) is 0 Å². The molecular formula is C12H23N3O3S. The van der Waals surface area contributed by atoms with E-state index in [9.17, 15) is 13.2 Å². The lowest BCUT2D eigenvalue weighted by Gasteiger charge is -2.27. The molecule has 0 saturated heterocycles. The molecule has 0 heterocycles. The maximum Gasteiger partial charge on any atom is 0.225 e. The lowest BCUT2D eigenvalue weighted by molar-refractivity contribution is -0.126. The minimum atomic E-state index is -3.18. The highest BCUT2D eigenvalue weighted by Crippen LogP contribution is 2.47. The smallest absolute Gasteiger partial charge is 0.225 e. The van der Waals surface area contributed by atoms with Crippen molar-refractivity contribution >= 4 is 15.9 Å². The third-order valence-corrected chi connectivity index (χ3v) is 5.81. The number of amides is 1. The number of nitrogens with two attached hydrogens (primary N) is 1. The van der Waals surface area contributed by atoms with Crippen LogP contribution < -0.4 is 15.8 Å². The van der Waals surface area contributed by atoms with Crippen molar-refractivity contribution in [2.45, 2.75) is 32.2 Å². The normalized spacial score (nSPS) is 33.6. The van der Waals surface area contributed by atoms with E-state index in [1.165, 1.54) is 0 Å². The van der Waals surface area contributed by atoms with Gasteiger partial charge in [-0.1, -0.05) is 0 Å². The van der Waals surface area contributed by atoms with Crippen LogP contribution in [-0.2, 0) is 14.8 Å². The van der Waals surface area contributed by atoms with Crippen molar-refractivity contribution in [1.29, 1.82) is 0 Å². The topological polar surface area (TPSA) is 101 Å². The zero-order valence-corrected chi connectivity index (χ0v) is 12.1. The first-order valence-corrected chi connectivity index (χ1v) is 8.60. The van der Waals surface area contributed by atoms with Crippen LogP contribution >= 0.6 is 0 Å². The molecule has 110 valence electrons. The molecule has 0 aromatic rings. The van der Waals surface area contributed by atoms with Crippen LogP contribution in [0.1, 0.15) is 26.2 Å². The van der Waals surface area contributed by atoms with Crippen molar-refractivity contribution in [2.75, 3.05) is 18.8 Å². The standard InChI is InChI=1S/C12H23N3O3S/c1-2-19(17,18)15-6-5-14-12(16)10-8-3-4-9(7-8)11(10)13/h8-11,15H,2-7,13H2,1H3,(H,14,16). The van der Waals surface area contributed by atoms with Crippen molar-refractivity contribution in [2.24, 2.45) is 23.5 Å². The molecule has 19 heavy (non-hydrogen) atoms. The van der Waals surface area contributed by atoms with Gasteiger partial charge < -0.3 is 11.1 Å². The van der Waals surface area contributed by atoms with Crippen molar-refractivity contribution in [3.05, 3.63) is 0 Å². The van der Waals surface area contributed by atoms with Gasteiger partial charge in [0.1, 0.15) is 0 Å². The first kappa shape index (κ1) is 14.7. The maximum atomic E-state index is 12.1. The van der Waals surface area contributed by atoms with Gasteiger partial charge in [-0.25, -0.2) is 13.1 Å². The summed E-state index contributed by atoms with van der Waals surface area (Å²) in [7, 11) is -3.18. The molecule has 0 radical (unpaired) electrons. The molecule has 2 bridgehead atoms. The Hall–Kier alpha value is -0.660. The largest absolute Gasteiger partial charge is 0.354 e. The fourth-order valence-electron chi connectivity index (χ4n) is 3.34. The first-order chi connectivity index (χ1) is 8.94. The Morgan fingerprint density at radius 3 is 2.53 bits per heavy atom. The Morgan fingerprint density at radius 2 is 1.95 bits per heavy atom. The first-order valence-electron chi connectivity index (χ1n) is 6.95. The van der Waals surface area contributed by atoms with E-state index in [0.717, 1.165) is 19.3 Å². The second-order valence-electron chi connectivity index (χ2n) is 5.53. The number of carbonyl (C=O) groups is 1. The molecule has 0 aromatic carbocycles. The fourth-order valence-corrected chi connectivity index (χ4v) is 3.95. The van der Waals surface area contributed by atoms with Gasteiger partial charge in [0.05, 0.1) is 11.7 Å². The van der Waals surface area contributed by atoms with Crippen LogP contribution in [0.2, 0.25) is 0 Å². The van der Waals surface area contributed by atoms with E-state index < -0.39 is 10.0 Å². The number of hydrogen-bond donors (Lipinski definition) is 3. The molecule has 4 N–H and O–H groups in total. The van der Waals surface area contributed by atoms with Gasteiger partial charge in [-0.15, -0.1) is 0 Å². The van der Waals surface area contributed by atoms with Crippen LogP contribution in [-0.4, -0.2) is 39.2 Å². The summed E-state index contributed by atoms with van der Waals surface area (Å²) in [5, 5.41) is 2.79. The van der Waals surface area contributed by atoms with E-state index in [4.69, 9.17) is 5.73 Å². The van der Waals surface area contributed by atoms with Gasteiger partial charge in [-0.2, -0.15) is 0 Å². The summed E-state index contributed by atoms with van der Waals surface area (Å²) in [6.45, 7) is 2.13. The van der Waals surface area contributed by atoms with Gasteiger partial charge in [-0.3, -0.25) is 4.79 Å². The fraction of sp³-hybridized carbons (Fsp3) is 0.917. The second kappa shape index (κ2) is 5.76. The summed E-state index contributed by atoms with van der Waals surface area (Å²) in [6, 6.07) is -0.0221. The predicted molar refractivity (Wildman–Crippen MR) is 72.8 cm³/mol. The van der Waals surface area contributed by atoms with Crippen LogP contribution in [0.4, 0.5) is 0 Å². The Morgan fingerprint density at radius 1 is 1.26 bits per heavy atom. The van der Waals surface area contributed by atoms with Gasteiger partial charge in [0.15, 0.2) is 0 Å². The molecule has 2 aliphatic carbocycles. The second-order valence-corrected chi connectivity index (χ2v) is 7.62. The highest BCUT2D eigenvalue weighted by atomic mass is 32.2. The van der Waals surface area contributed by atoms with E-state index in [1.54, 1.807) is 6.92 Å². The summed E-state index contributed by atoms with van der Waals surface area (Å²) in [5.41, 5.74) is 6.09. The lowest BCUT2D eigenvalue weighted by atomic mass is 9.84. The number of sulfonamides is 1. The van der Waals surface area contributed by atoms with E-state index >= 15 is 0 Å². The van der Waals surface area contributed by atoms with Gasteiger partial charge in [0.2, 0.25) is 15.9 Å². The van der Waals surface area contributed by atoms with E-state index in [-0.39, 0.29) is 30.2 Å². The third-order valence-electron chi connectivity index (χ3n) is 4.41. The van der Waals surface area contributed by atoms with Crippen molar-refractivity contribution in [3.8, 4) is 0 Å². The molecule has 2 rings (SSSR count). The van der Waals surface area contributed by atoms with Gasteiger partial charge >= 0.3 is 0 Å². The molecule has 0 spiro atoms. The van der Waals surface area contributed by atoms with Crippen molar-refractivity contribution in [1.82, 2.24) is 10.0 Å². The van der Waals surface area contributed by atoms with Gasteiger partial charge in [0, 0.05) is 19.1 Å². The number of rotatable bonds is 6. The molecular weight excluding hydrogens is 266 g/mol. The molecule has 0 aromatic heterocycles. The minimum absolute atomic E-state index is 0.0182. The monoisotopic (exact) mass is 289 g/mol. The van der Waals surface area contributed by atoms with Gasteiger partial charge in [0.25, 0.3) is 0 Å². The van der Waals surface area contributed by atoms with E-state index in [0.29, 0.717) is 18.4 Å². The summed E-state index contributed by atoms with van der Waals surface area (Å²) < 4.78 is 24.9. The summed E-state index contributed by atoms with van der Waals surface area (Å²) in [5.74, 6) is 0.877. The lowest BCUT2D eigenvalue weighted by Crippen LogP contribution is -2.46. The quantitative estimate of drug-likeness (QED) is 0.569. The number of nitrogens with one attached hydrogen (secondary N) is 2. The SMILES string of the molecule is CCS(=O)(=O)NCCNC(=O)C1C2CCC(C2)C1N. The highest BCUT2D eigenvalue weighted by molar-refractivity contribution is 7.89. The molecule has 0 aliphatic heterocycles. The molecule has 1 amide bonds. The van der Waals surface area contributed by atoms with Crippen LogP contribution in [0.3, 0.4) is 0 Å². The minimum Gasteiger partial charge on any atom is -0.354 e. The van der Waals surface area contributed by atoms with Crippen LogP contribution in [0.25, 0.3) is 0 Å². The van der Waals surface area contributed by atoms with E-state index in [2.05, 4.69) is 10.0 Å². The van der Waals surface area contributed by atoms with Gasteiger partial charge in [-0.05, 0) is 38.0 Å². The average Bonchev–Trinajstić information content (AvgIpc) is 2.95. The molecule has 4 atom stereocenters. The maximum absolute atomic E-state index is 12.1. The molecule has 2 saturated carbocycles. The summed E-state index contributed by atoms with van der Waals surface area (Å²) in [6.07, 6.45) is 3.31. The molecule has 7 heteroatoms. The Bertz CT molecular complexity index is 436. The highest BCUT2D eigenvalue weighted by Gasteiger charge is 2.48. The third kappa shape index (κ3) is 3.27. The van der Waals surface area contributed by atoms with Crippen LogP contribution in [0, 0.1) is 17.8 Å². The number of fused-ring (bicyclic) bond motifs is 2. The Kier molecular flexibility index (Phi) is 4.47. The number of hydrogen-bond acceptors (Lipinski definition) is 4. The molecule has 2 aliphatic rings. The zero-order chi connectivity index (χ0) is 14.0. The Balaban J connectivity index is 1.74. The summed E-state index contributed by atoms with van der Waals surface area (Å²) >= 11 is 0. The van der Waals surface area contributed by atoms with Crippen molar-refractivity contribution < 1.29 is 13.2 Å².